The van der Waals surface area contributed by atoms with Crippen LogP contribution in [0, 0.1) is 6.92 Å². The van der Waals surface area contributed by atoms with Gasteiger partial charge in [-0.1, -0.05) is 53.7 Å². The Morgan fingerprint density at radius 2 is 1.45 bits per heavy atom. The fourth-order valence-corrected chi connectivity index (χ4v) is 2.27. The van der Waals surface area contributed by atoms with Crippen LogP contribution in [-0.2, 0) is 22.0 Å². The van der Waals surface area contributed by atoms with Gasteiger partial charge in [0, 0.05) is 6.61 Å². The highest BCUT2D eigenvalue weighted by Crippen LogP contribution is 2.39. The number of aromatic hydroxyl groups is 1. The second-order valence-electron chi connectivity index (χ2n) is 7.40. The molecular weight excluding hydrogens is 248 g/mol. The molecule has 0 atom stereocenters. The Labute approximate surface area is 124 Å². The van der Waals surface area contributed by atoms with Gasteiger partial charge in [-0.3, -0.25) is 0 Å². The van der Waals surface area contributed by atoms with E-state index < -0.39 is 0 Å². The molecule has 0 spiro atoms. The van der Waals surface area contributed by atoms with Crippen LogP contribution >= 0.6 is 0 Å². The summed E-state index contributed by atoms with van der Waals surface area (Å²) < 4.78 is 5.35. The summed E-state index contributed by atoms with van der Waals surface area (Å²) in [7, 11) is 0. The lowest BCUT2D eigenvalue weighted by atomic mass is 9.78. The maximum absolute atomic E-state index is 10.6. The molecule has 0 amide bonds. The van der Waals surface area contributed by atoms with Crippen molar-refractivity contribution in [1.29, 1.82) is 0 Å². The largest absolute Gasteiger partial charge is 0.507 e. The fraction of sp³-hybridized carbons (Fsp3) is 0.611. The minimum Gasteiger partial charge on any atom is -0.507 e. The summed E-state index contributed by atoms with van der Waals surface area (Å²) in [4.78, 5) is 0. The van der Waals surface area contributed by atoms with Gasteiger partial charge in [0.1, 0.15) is 5.75 Å². The van der Waals surface area contributed by atoms with Crippen LogP contribution in [0.4, 0.5) is 0 Å². The van der Waals surface area contributed by atoms with Crippen LogP contribution < -0.4 is 0 Å². The van der Waals surface area contributed by atoms with E-state index in [1.165, 1.54) is 5.56 Å². The Morgan fingerprint density at radius 3 is 1.80 bits per heavy atom. The average molecular weight is 277 g/mol. The predicted molar refractivity (Wildman–Crippen MR) is 85.4 cm³/mol. The number of phenolic OH excluding ortho intramolecular Hbond substituents is 1. The van der Waals surface area contributed by atoms with Gasteiger partial charge in [0.25, 0.3) is 0 Å². The summed E-state index contributed by atoms with van der Waals surface area (Å²) in [6.07, 6.45) is 0.849. The molecule has 0 aliphatic rings. The first-order chi connectivity index (χ1) is 9.07. The van der Waals surface area contributed by atoms with Crippen molar-refractivity contribution in [3.05, 3.63) is 35.7 Å². The molecule has 0 bridgehead atoms. The first-order valence-corrected chi connectivity index (χ1v) is 7.31. The number of ether oxygens (including phenoxy) is 1. The van der Waals surface area contributed by atoms with Crippen LogP contribution in [-0.4, -0.2) is 18.3 Å². The van der Waals surface area contributed by atoms with Gasteiger partial charge in [-0.25, -0.2) is 0 Å². The van der Waals surface area contributed by atoms with Crippen molar-refractivity contribution >= 4 is 0 Å². The van der Waals surface area contributed by atoms with Crippen LogP contribution in [0.25, 0.3) is 0 Å². The summed E-state index contributed by atoms with van der Waals surface area (Å²) in [6, 6.07) is 4.22. The molecule has 1 aromatic rings. The highest BCUT2D eigenvalue weighted by Gasteiger charge is 2.26. The molecule has 0 saturated carbocycles. The Balaban J connectivity index is 3.28. The third-order valence-electron chi connectivity index (χ3n) is 3.47. The lowest BCUT2D eigenvalue weighted by Crippen LogP contribution is -2.18. The number of rotatable bonds is 4. The van der Waals surface area contributed by atoms with E-state index in [9.17, 15) is 5.11 Å². The monoisotopic (exact) mass is 277 g/mol. The standard InChI is InChI=1S/C18H29O2/c1-8-20-10-9-13-11-14(17(2,3)4)16(19)15(12-13)18(5,6)7/h11-12,19H,1,8-10H2,2-7H3. The predicted octanol–water partition coefficient (Wildman–Crippen LogP) is 4.38. The fourth-order valence-electron chi connectivity index (χ4n) is 2.27. The summed E-state index contributed by atoms with van der Waals surface area (Å²) in [6.45, 7) is 17.6. The molecule has 0 unspecified atom stereocenters. The van der Waals surface area contributed by atoms with Crippen molar-refractivity contribution < 1.29 is 9.84 Å². The molecule has 0 fully saturated rings. The van der Waals surface area contributed by atoms with E-state index in [0.717, 1.165) is 17.5 Å². The first kappa shape index (κ1) is 17.0. The topological polar surface area (TPSA) is 29.5 Å². The van der Waals surface area contributed by atoms with E-state index in [4.69, 9.17) is 4.74 Å². The van der Waals surface area contributed by atoms with E-state index in [-0.39, 0.29) is 10.8 Å². The molecule has 0 heterocycles. The van der Waals surface area contributed by atoms with E-state index in [1.54, 1.807) is 0 Å². The number of hydrogen-bond acceptors (Lipinski definition) is 2. The van der Waals surface area contributed by atoms with Crippen molar-refractivity contribution in [2.45, 2.75) is 58.8 Å². The van der Waals surface area contributed by atoms with Gasteiger partial charge in [0.05, 0.1) is 6.61 Å². The molecule has 1 radical (unpaired) electrons. The van der Waals surface area contributed by atoms with Gasteiger partial charge in [-0.2, -0.15) is 0 Å². The second kappa shape index (κ2) is 6.17. The molecule has 1 N–H and O–H groups in total. The summed E-state index contributed by atoms with van der Waals surface area (Å²) >= 11 is 0. The van der Waals surface area contributed by atoms with Crippen LogP contribution in [0.1, 0.15) is 58.2 Å². The molecule has 0 saturated heterocycles. The molecule has 2 nitrogen and oxygen atoms in total. The number of hydrogen-bond donors (Lipinski definition) is 1. The average Bonchev–Trinajstić information content (AvgIpc) is 2.28. The van der Waals surface area contributed by atoms with Gasteiger partial charge in [-0.15, -0.1) is 0 Å². The number of benzene rings is 1. The minimum atomic E-state index is -0.0761. The minimum absolute atomic E-state index is 0.0761. The Kier molecular flexibility index (Phi) is 5.26. The zero-order chi connectivity index (χ0) is 15.6. The molecule has 0 aromatic heterocycles. The quantitative estimate of drug-likeness (QED) is 0.828. The summed E-state index contributed by atoms with van der Waals surface area (Å²) in [5.74, 6) is 0.437. The van der Waals surface area contributed by atoms with Crippen LogP contribution in [0.2, 0.25) is 0 Å². The van der Waals surface area contributed by atoms with Gasteiger partial charge in [0.2, 0.25) is 0 Å². The summed E-state index contributed by atoms with van der Waals surface area (Å²) in [5, 5.41) is 10.6. The van der Waals surface area contributed by atoms with Crippen molar-refractivity contribution in [3.63, 3.8) is 0 Å². The normalized spacial score (nSPS) is 12.8. The zero-order valence-electron chi connectivity index (χ0n) is 13.8. The van der Waals surface area contributed by atoms with E-state index in [1.807, 2.05) is 0 Å². The highest BCUT2D eigenvalue weighted by molar-refractivity contribution is 5.49. The van der Waals surface area contributed by atoms with Crippen molar-refractivity contribution in [3.8, 4) is 5.75 Å². The van der Waals surface area contributed by atoms with Crippen LogP contribution in [0.15, 0.2) is 12.1 Å². The van der Waals surface area contributed by atoms with Crippen molar-refractivity contribution in [2.24, 2.45) is 0 Å². The van der Waals surface area contributed by atoms with Crippen LogP contribution in [0.5, 0.6) is 5.75 Å². The SMILES string of the molecule is [CH2]COCCc1cc(C(C)(C)C)c(O)c(C(C)(C)C)c1. The smallest absolute Gasteiger partial charge is 0.123 e. The molecule has 0 aliphatic heterocycles. The lowest BCUT2D eigenvalue weighted by Gasteiger charge is -2.28. The molecule has 113 valence electrons. The molecule has 1 rings (SSSR count). The van der Waals surface area contributed by atoms with E-state index >= 15 is 0 Å². The summed E-state index contributed by atoms with van der Waals surface area (Å²) in [5.41, 5.74) is 3.08. The van der Waals surface area contributed by atoms with Gasteiger partial charge in [-0.05, 0) is 40.9 Å². The molecule has 0 aliphatic carbocycles. The third kappa shape index (κ3) is 4.24. The molecule has 2 heteroatoms. The maximum atomic E-state index is 10.6. The van der Waals surface area contributed by atoms with Crippen molar-refractivity contribution in [2.75, 3.05) is 13.2 Å². The Bertz CT molecular complexity index is 412. The maximum Gasteiger partial charge on any atom is 0.123 e. The van der Waals surface area contributed by atoms with Gasteiger partial charge < -0.3 is 9.84 Å². The highest BCUT2D eigenvalue weighted by atomic mass is 16.5. The van der Waals surface area contributed by atoms with E-state index in [0.29, 0.717) is 19.0 Å². The van der Waals surface area contributed by atoms with Gasteiger partial charge >= 0.3 is 0 Å². The number of phenols is 1. The van der Waals surface area contributed by atoms with E-state index in [2.05, 4.69) is 60.6 Å². The molecule has 20 heavy (non-hydrogen) atoms. The molecular formula is C18H29O2. The lowest BCUT2D eigenvalue weighted by molar-refractivity contribution is 0.164. The Hall–Kier alpha value is -1.02. The third-order valence-corrected chi connectivity index (χ3v) is 3.47. The van der Waals surface area contributed by atoms with Crippen LogP contribution in [0.3, 0.4) is 0 Å². The first-order valence-electron chi connectivity index (χ1n) is 7.31. The van der Waals surface area contributed by atoms with Crippen molar-refractivity contribution in [1.82, 2.24) is 0 Å². The Morgan fingerprint density at radius 1 is 1.00 bits per heavy atom. The molecule has 1 aromatic carbocycles. The second-order valence-corrected chi connectivity index (χ2v) is 7.40. The van der Waals surface area contributed by atoms with Gasteiger partial charge in [0.15, 0.2) is 0 Å². The zero-order valence-corrected chi connectivity index (χ0v) is 13.8.